The summed E-state index contributed by atoms with van der Waals surface area (Å²) in [4.78, 5) is 0. The van der Waals surface area contributed by atoms with Gasteiger partial charge in [-0.3, -0.25) is 0 Å². The van der Waals surface area contributed by atoms with Gasteiger partial charge in [-0.1, -0.05) is 120 Å². The highest BCUT2D eigenvalue weighted by Crippen LogP contribution is 2.13. The van der Waals surface area contributed by atoms with Crippen molar-refractivity contribution < 1.29 is 0 Å². The highest BCUT2D eigenvalue weighted by atomic mass is 35.5. The summed E-state index contributed by atoms with van der Waals surface area (Å²) in [5, 5.41) is 3.60. The molecule has 1 rings (SSSR count). The van der Waals surface area contributed by atoms with E-state index in [1.54, 1.807) is 0 Å². The molecule has 0 spiro atoms. The van der Waals surface area contributed by atoms with Crippen LogP contribution in [-0.2, 0) is 6.54 Å². The zero-order valence-corrected chi connectivity index (χ0v) is 19.3. The molecule has 1 aromatic rings. The van der Waals surface area contributed by atoms with Crippen LogP contribution in [0.15, 0.2) is 18.2 Å². The lowest BCUT2D eigenvalue weighted by Gasteiger charge is -2.07. The van der Waals surface area contributed by atoms with Crippen molar-refractivity contribution in [3.8, 4) is 0 Å². The zero-order valence-electron chi connectivity index (χ0n) is 18.5. The van der Waals surface area contributed by atoms with Crippen LogP contribution in [0.25, 0.3) is 0 Å². The fourth-order valence-corrected chi connectivity index (χ4v) is 3.85. The number of nitrogens with one attached hydrogen (secondary N) is 1. The normalized spacial score (nSPS) is 10.8. The van der Waals surface area contributed by atoms with Crippen LogP contribution in [-0.4, -0.2) is 6.54 Å². The fourth-order valence-electron chi connectivity index (χ4n) is 3.85. The van der Waals surface area contributed by atoms with E-state index in [9.17, 15) is 0 Å². The van der Waals surface area contributed by atoms with E-state index in [0.29, 0.717) is 0 Å². The van der Waals surface area contributed by atoms with Gasteiger partial charge in [0, 0.05) is 6.54 Å². The van der Waals surface area contributed by atoms with E-state index in [4.69, 9.17) is 0 Å². The van der Waals surface area contributed by atoms with Gasteiger partial charge < -0.3 is 5.32 Å². The molecule has 0 unspecified atom stereocenters. The van der Waals surface area contributed by atoms with Gasteiger partial charge in [-0.15, -0.1) is 12.4 Å². The molecule has 1 aromatic carbocycles. The van der Waals surface area contributed by atoms with E-state index >= 15 is 0 Å². The van der Waals surface area contributed by atoms with Crippen molar-refractivity contribution in [3.05, 3.63) is 34.9 Å². The lowest BCUT2D eigenvalue weighted by atomic mass is 10.0. The Morgan fingerprint density at radius 1 is 0.593 bits per heavy atom. The Bertz CT molecular complexity index is 424. The third kappa shape index (κ3) is 16.2. The molecule has 0 saturated carbocycles. The number of hydrogen-bond donors (Lipinski definition) is 1. The second-order valence-electron chi connectivity index (χ2n) is 8.27. The van der Waals surface area contributed by atoms with Gasteiger partial charge in [-0.2, -0.15) is 0 Å². The van der Waals surface area contributed by atoms with Crippen molar-refractivity contribution in [2.75, 3.05) is 6.54 Å². The Balaban J connectivity index is 0.00000676. The summed E-state index contributed by atoms with van der Waals surface area (Å²) in [6.45, 7) is 8.84. The first-order chi connectivity index (χ1) is 12.7. The molecule has 1 nitrogen and oxygen atoms in total. The molecule has 0 amide bonds. The van der Waals surface area contributed by atoms with Gasteiger partial charge in [0.05, 0.1) is 0 Å². The molecule has 0 fully saturated rings. The van der Waals surface area contributed by atoms with E-state index in [1.807, 2.05) is 0 Å². The number of benzene rings is 1. The molecule has 1 N–H and O–H groups in total. The molecule has 0 saturated heterocycles. The van der Waals surface area contributed by atoms with Crippen LogP contribution >= 0.6 is 12.4 Å². The van der Waals surface area contributed by atoms with Crippen LogP contribution in [0, 0.1) is 13.8 Å². The Hall–Kier alpha value is -0.530. The quantitative estimate of drug-likeness (QED) is 0.261. The molecule has 0 aliphatic rings. The van der Waals surface area contributed by atoms with Crippen molar-refractivity contribution in [1.82, 2.24) is 5.32 Å². The minimum atomic E-state index is 0. The first-order valence-corrected chi connectivity index (χ1v) is 11.5. The van der Waals surface area contributed by atoms with E-state index in [-0.39, 0.29) is 12.4 Å². The van der Waals surface area contributed by atoms with E-state index in [0.717, 1.165) is 13.1 Å². The molecular formula is C25H46ClN. The molecule has 0 aromatic heterocycles. The molecule has 0 heterocycles. The van der Waals surface area contributed by atoms with Gasteiger partial charge in [0.25, 0.3) is 0 Å². The maximum atomic E-state index is 3.60. The van der Waals surface area contributed by atoms with Gasteiger partial charge in [-0.05, 0) is 32.4 Å². The summed E-state index contributed by atoms with van der Waals surface area (Å²) in [5.74, 6) is 0. The summed E-state index contributed by atoms with van der Waals surface area (Å²) in [6.07, 6.45) is 20.1. The molecule has 0 aliphatic heterocycles. The lowest BCUT2D eigenvalue weighted by molar-refractivity contribution is 0.529. The minimum Gasteiger partial charge on any atom is -0.313 e. The molecule has 158 valence electrons. The van der Waals surface area contributed by atoms with Crippen molar-refractivity contribution in [3.63, 3.8) is 0 Å². The minimum absolute atomic E-state index is 0. The van der Waals surface area contributed by atoms with Gasteiger partial charge in [0.2, 0.25) is 0 Å². The Morgan fingerprint density at radius 2 is 1.00 bits per heavy atom. The molecule has 0 radical (unpaired) electrons. The first kappa shape index (κ1) is 26.5. The second-order valence-corrected chi connectivity index (χ2v) is 8.27. The van der Waals surface area contributed by atoms with Crippen molar-refractivity contribution in [2.45, 2.75) is 117 Å². The number of halogens is 1. The molecule has 2 heteroatoms. The summed E-state index contributed by atoms with van der Waals surface area (Å²) in [5.41, 5.74) is 4.17. The molecule has 0 bridgehead atoms. The highest BCUT2D eigenvalue weighted by molar-refractivity contribution is 5.85. The van der Waals surface area contributed by atoms with Crippen molar-refractivity contribution in [1.29, 1.82) is 0 Å². The molecular weight excluding hydrogens is 350 g/mol. The van der Waals surface area contributed by atoms with Crippen molar-refractivity contribution in [2.24, 2.45) is 0 Å². The largest absolute Gasteiger partial charge is 0.313 e. The number of unbranched alkanes of at least 4 members (excludes halogenated alkanes) is 13. The zero-order chi connectivity index (χ0) is 18.9. The predicted octanol–water partition coefficient (Wildman–Crippen LogP) is 8.30. The summed E-state index contributed by atoms with van der Waals surface area (Å²) < 4.78 is 0. The average molecular weight is 396 g/mol. The predicted molar refractivity (Wildman–Crippen MR) is 125 cm³/mol. The van der Waals surface area contributed by atoms with Crippen molar-refractivity contribution >= 4 is 12.4 Å². The van der Waals surface area contributed by atoms with E-state index in [1.165, 1.54) is 107 Å². The summed E-state index contributed by atoms with van der Waals surface area (Å²) >= 11 is 0. The van der Waals surface area contributed by atoms with E-state index < -0.39 is 0 Å². The van der Waals surface area contributed by atoms with Crippen LogP contribution in [0.1, 0.15) is 114 Å². The standard InChI is InChI=1S/C25H45N.ClH/c1-4-5-6-7-8-9-10-11-12-13-14-15-16-17-18-26-22-25-20-23(2)19-24(3)21-25;/h19-21,26H,4-18,22H2,1-3H3;1H. The number of hydrogen-bond acceptors (Lipinski definition) is 1. The lowest BCUT2D eigenvalue weighted by Crippen LogP contribution is -2.14. The van der Waals surface area contributed by atoms with Gasteiger partial charge in [0.1, 0.15) is 0 Å². The van der Waals surface area contributed by atoms with Crippen LogP contribution in [0.4, 0.5) is 0 Å². The smallest absolute Gasteiger partial charge is 0.0205 e. The number of aryl methyl sites for hydroxylation is 2. The SMILES string of the molecule is CCCCCCCCCCCCCCCCNCc1cc(C)cc(C)c1.Cl. The molecule has 27 heavy (non-hydrogen) atoms. The average Bonchev–Trinajstić information content (AvgIpc) is 2.60. The maximum absolute atomic E-state index is 3.60. The van der Waals surface area contributed by atoms with Crippen LogP contribution in [0.3, 0.4) is 0 Å². The Labute approximate surface area is 176 Å². The van der Waals surface area contributed by atoms with Gasteiger partial charge in [0.15, 0.2) is 0 Å². The topological polar surface area (TPSA) is 12.0 Å². The van der Waals surface area contributed by atoms with Crippen LogP contribution < -0.4 is 5.32 Å². The maximum Gasteiger partial charge on any atom is 0.0205 e. The third-order valence-electron chi connectivity index (χ3n) is 5.32. The van der Waals surface area contributed by atoms with Gasteiger partial charge >= 0.3 is 0 Å². The highest BCUT2D eigenvalue weighted by Gasteiger charge is 1.97. The second kappa shape index (κ2) is 18.8. The van der Waals surface area contributed by atoms with Crippen LogP contribution in [0.2, 0.25) is 0 Å². The summed E-state index contributed by atoms with van der Waals surface area (Å²) in [7, 11) is 0. The number of rotatable bonds is 17. The third-order valence-corrected chi connectivity index (χ3v) is 5.32. The monoisotopic (exact) mass is 395 g/mol. The van der Waals surface area contributed by atoms with Gasteiger partial charge in [-0.25, -0.2) is 0 Å². The molecule has 0 atom stereocenters. The fraction of sp³-hybridized carbons (Fsp3) is 0.760. The molecule has 0 aliphatic carbocycles. The van der Waals surface area contributed by atoms with Crippen LogP contribution in [0.5, 0.6) is 0 Å². The summed E-state index contributed by atoms with van der Waals surface area (Å²) in [6, 6.07) is 6.84. The van der Waals surface area contributed by atoms with E-state index in [2.05, 4.69) is 44.3 Å². The Kier molecular flexibility index (Phi) is 18.4. The first-order valence-electron chi connectivity index (χ1n) is 11.5. The Morgan fingerprint density at radius 3 is 1.44 bits per heavy atom.